The number of rotatable bonds is 3. The summed E-state index contributed by atoms with van der Waals surface area (Å²) in [5, 5.41) is 2.35. The number of carbonyl (C=O) groups excluding carboxylic acids is 1. The number of amides is 1. The van der Waals surface area contributed by atoms with Gasteiger partial charge in [-0.2, -0.15) is 0 Å². The predicted octanol–water partition coefficient (Wildman–Crippen LogP) is 3.01. The van der Waals surface area contributed by atoms with Gasteiger partial charge in [0.1, 0.15) is 11.9 Å². The standard InChI is InChI=1S/C20H21N3O2/c1-14-12-21-20(22-14)18-13-25-9-8-23(18)19(24)11-15-6-7-16-4-2-3-5-17(16)10-15/h2-7,10,12,18H,8-9,11,13H2,1H3,(H,21,22)/t18-/m0/s1. The van der Waals surface area contributed by atoms with E-state index >= 15 is 0 Å². The number of H-pyrrole nitrogens is 1. The second-order valence-electron chi connectivity index (χ2n) is 6.49. The first-order valence-electron chi connectivity index (χ1n) is 8.57. The molecule has 4 rings (SSSR count). The van der Waals surface area contributed by atoms with E-state index in [-0.39, 0.29) is 11.9 Å². The van der Waals surface area contributed by atoms with Gasteiger partial charge >= 0.3 is 0 Å². The van der Waals surface area contributed by atoms with E-state index in [0.29, 0.717) is 26.2 Å². The van der Waals surface area contributed by atoms with Crippen LogP contribution in [0.1, 0.15) is 23.1 Å². The van der Waals surface area contributed by atoms with Crippen molar-refractivity contribution in [2.45, 2.75) is 19.4 Å². The number of fused-ring (bicyclic) bond motifs is 1. The molecule has 1 aliphatic heterocycles. The van der Waals surface area contributed by atoms with E-state index < -0.39 is 0 Å². The maximum Gasteiger partial charge on any atom is 0.227 e. The van der Waals surface area contributed by atoms with Crippen LogP contribution >= 0.6 is 0 Å². The molecular weight excluding hydrogens is 314 g/mol. The summed E-state index contributed by atoms with van der Waals surface area (Å²) in [6, 6.07) is 14.3. The number of aromatic amines is 1. The molecule has 1 aliphatic rings. The molecule has 1 amide bonds. The third kappa shape index (κ3) is 3.28. The molecule has 2 aromatic carbocycles. The fraction of sp³-hybridized carbons (Fsp3) is 0.300. The summed E-state index contributed by atoms with van der Waals surface area (Å²) in [6.07, 6.45) is 2.18. The Balaban J connectivity index is 1.55. The zero-order valence-electron chi connectivity index (χ0n) is 14.2. The smallest absolute Gasteiger partial charge is 0.227 e. The molecule has 0 spiro atoms. The Morgan fingerprint density at radius 2 is 2.12 bits per heavy atom. The van der Waals surface area contributed by atoms with Gasteiger partial charge in [-0.15, -0.1) is 0 Å². The predicted molar refractivity (Wildman–Crippen MR) is 96.2 cm³/mol. The lowest BCUT2D eigenvalue weighted by molar-refractivity contribution is -0.139. The minimum Gasteiger partial charge on any atom is -0.377 e. The van der Waals surface area contributed by atoms with Gasteiger partial charge in [-0.05, 0) is 23.3 Å². The monoisotopic (exact) mass is 335 g/mol. The van der Waals surface area contributed by atoms with E-state index in [1.807, 2.05) is 30.0 Å². The molecule has 0 unspecified atom stereocenters. The highest BCUT2D eigenvalue weighted by Gasteiger charge is 2.30. The first-order valence-corrected chi connectivity index (χ1v) is 8.57. The van der Waals surface area contributed by atoms with Gasteiger partial charge in [0.15, 0.2) is 0 Å². The Hall–Kier alpha value is -2.66. The highest BCUT2D eigenvalue weighted by Crippen LogP contribution is 2.23. The van der Waals surface area contributed by atoms with Crippen LogP contribution in [0.3, 0.4) is 0 Å². The number of benzene rings is 2. The van der Waals surface area contributed by atoms with Crippen molar-refractivity contribution in [2.75, 3.05) is 19.8 Å². The molecule has 25 heavy (non-hydrogen) atoms. The summed E-state index contributed by atoms with van der Waals surface area (Å²) in [7, 11) is 0. The van der Waals surface area contributed by atoms with Crippen molar-refractivity contribution < 1.29 is 9.53 Å². The molecule has 1 N–H and O–H groups in total. The van der Waals surface area contributed by atoms with Crippen LogP contribution in [-0.2, 0) is 16.0 Å². The van der Waals surface area contributed by atoms with Crippen LogP contribution in [0, 0.1) is 6.92 Å². The lowest BCUT2D eigenvalue weighted by Crippen LogP contribution is -2.44. The first-order chi connectivity index (χ1) is 12.2. The van der Waals surface area contributed by atoms with Crippen LogP contribution in [-0.4, -0.2) is 40.5 Å². The van der Waals surface area contributed by atoms with E-state index in [0.717, 1.165) is 22.5 Å². The Kier molecular flexibility index (Phi) is 4.24. The van der Waals surface area contributed by atoms with Crippen molar-refractivity contribution in [3.8, 4) is 0 Å². The fourth-order valence-electron chi connectivity index (χ4n) is 3.36. The third-order valence-corrected chi connectivity index (χ3v) is 4.66. The normalized spacial score (nSPS) is 17.8. The lowest BCUT2D eigenvalue weighted by Gasteiger charge is -2.34. The van der Waals surface area contributed by atoms with Crippen LogP contribution in [0.5, 0.6) is 0 Å². The minimum absolute atomic E-state index is 0.109. The molecule has 1 saturated heterocycles. The number of aromatic nitrogens is 2. The molecular formula is C20H21N3O2. The summed E-state index contributed by atoms with van der Waals surface area (Å²) >= 11 is 0. The van der Waals surface area contributed by atoms with Crippen LogP contribution in [0.2, 0.25) is 0 Å². The molecule has 2 heterocycles. The molecule has 5 heteroatoms. The van der Waals surface area contributed by atoms with Gasteiger partial charge in [0.25, 0.3) is 0 Å². The zero-order chi connectivity index (χ0) is 17.2. The van der Waals surface area contributed by atoms with Gasteiger partial charge in [-0.1, -0.05) is 42.5 Å². The highest BCUT2D eigenvalue weighted by molar-refractivity contribution is 5.85. The Bertz CT molecular complexity index is 903. The largest absolute Gasteiger partial charge is 0.377 e. The van der Waals surface area contributed by atoms with Crippen molar-refractivity contribution in [3.63, 3.8) is 0 Å². The topological polar surface area (TPSA) is 58.2 Å². The maximum atomic E-state index is 12.9. The summed E-state index contributed by atoms with van der Waals surface area (Å²) in [4.78, 5) is 22.4. The van der Waals surface area contributed by atoms with Crippen LogP contribution in [0.15, 0.2) is 48.7 Å². The number of hydrogen-bond acceptors (Lipinski definition) is 3. The summed E-state index contributed by atoms with van der Waals surface area (Å²) in [6.45, 7) is 3.61. The molecule has 0 aliphatic carbocycles. The number of ether oxygens (including phenoxy) is 1. The highest BCUT2D eigenvalue weighted by atomic mass is 16.5. The quantitative estimate of drug-likeness (QED) is 0.800. The molecule has 128 valence electrons. The Morgan fingerprint density at radius 1 is 1.28 bits per heavy atom. The second-order valence-corrected chi connectivity index (χ2v) is 6.49. The van der Waals surface area contributed by atoms with Crippen LogP contribution in [0.4, 0.5) is 0 Å². The van der Waals surface area contributed by atoms with Crippen molar-refractivity contribution in [1.82, 2.24) is 14.9 Å². The van der Waals surface area contributed by atoms with Crippen molar-refractivity contribution >= 4 is 16.7 Å². The van der Waals surface area contributed by atoms with Crippen LogP contribution < -0.4 is 0 Å². The third-order valence-electron chi connectivity index (χ3n) is 4.66. The second kappa shape index (κ2) is 6.69. The number of carbonyl (C=O) groups is 1. The average Bonchev–Trinajstić information content (AvgIpc) is 3.08. The first kappa shape index (κ1) is 15.8. The maximum absolute atomic E-state index is 12.9. The molecule has 1 atom stereocenters. The summed E-state index contributed by atoms with van der Waals surface area (Å²) in [5.74, 6) is 0.904. The zero-order valence-corrected chi connectivity index (χ0v) is 14.2. The van der Waals surface area contributed by atoms with Gasteiger partial charge in [0, 0.05) is 18.4 Å². The number of imidazole rings is 1. The summed E-state index contributed by atoms with van der Waals surface area (Å²) < 4.78 is 5.58. The molecule has 3 aromatic rings. The number of hydrogen-bond donors (Lipinski definition) is 1. The molecule has 0 saturated carbocycles. The van der Waals surface area contributed by atoms with Crippen molar-refractivity contribution in [2.24, 2.45) is 0 Å². The van der Waals surface area contributed by atoms with E-state index in [4.69, 9.17) is 4.74 Å². The van der Waals surface area contributed by atoms with Gasteiger partial charge in [-0.3, -0.25) is 4.79 Å². The van der Waals surface area contributed by atoms with Gasteiger partial charge in [0.2, 0.25) is 5.91 Å². The lowest BCUT2D eigenvalue weighted by atomic mass is 10.0. The summed E-state index contributed by atoms with van der Waals surface area (Å²) in [5.41, 5.74) is 2.02. The van der Waals surface area contributed by atoms with Crippen LogP contribution in [0.25, 0.3) is 10.8 Å². The molecule has 1 fully saturated rings. The average molecular weight is 335 g/mol. The van der Waals surface area contributed by atoms with Gasteiger partial charge < -0.3 is 14.6 Å². The molecule has 0 radical (unpaired) electrons. The van der Waals surface area contributed by atoms with Crippen molar-refractivity contribution in [1.29, 1.82) is 0 Å². The van der Waals surface area contributed by atoms with E-state index in [9.17, 15) is 4.79 Å². The minimum atomic E-state index is -0.143. The van der Waals surface area contributed by atoms with E-state index in [1.54, 1.807) is 6.20 Å². The number of nitrogens with zero attached hydrogens (tertiary/aromatic N) is 2. The molecule has 5 nitrogen and oxygen atoms in total. The SMILES string of the molecule is Cc1cnc([C@@H]2COCCN2C(=O)Cc2ccc3ccccc3c2)[nH]1. The fourth-order valence-corrected chi connectivity index (χ4v) is 3.36. The van der Waals surface area contributed by atoms with Gasteiger partial charge in [-0.25, -0.2) is 4.98 Å². The molecule has 0 bridgehead atoms. The van der Waals surface area contributed by atoms with E-state index in [2.05, 4.69) is 34.2 Å². The molecule has 1 aromatic heterocycles. The van der Waals surface area contributed by atoms with E-state index in [1.165, 1.54) is 5.39 Å². The Morgan fingerprint density at radius 3 is 2.92 bits per heavy atom. The Labute approximate surface area is 146 Å². The van der Waals surface area contributed by atoms with Gasteiger partial charge in [0.05, 0.1) is 19.6 Å². The van der Waals surface area contributed by atoms with Crippen molar-refractivity contribution in [3.05, 3.63) is 65.7 Å². The number of nitrogens with one attached hydrogen (secondary N) is 1. The number of morpholine rings is 1. The number of aryl methyl sites for hydroxylation is 1.